The van der Waals surface area contributed by atoms with Gasteiger partial charge in [0.05, 0.1) is 29.2 Å². The van der Waals surface area contributed by atoms with Gasteiger partial charge in [-0.3, -0.25) is 9.36 Å². The molecule has 0 aliphatic heterocycles. The molecule has 32 heavy (non-hydrogen) atoms. The minimum atomic E-state index is -0.0422. The van der Waals surface area contributed by atoms with Gasteiger partial charge < -0.3 is 10.1 Å². The zero-order valence-corrected chi connectivity index (χ0v) is 19.7. The molecule has 1 aliphatic rings. The van der Waals surface area contributed by atoms with Gasteiger partial charge >= 0.3 is 0 Å². The average molecular weight is 434 g/mol. The van der Waals surface area contributed by atoms with E-state index in [1.54, 1.807) is 4.57 Å². The van der Waals surface area contributed by atoms with E-state index in [1.165, 1.54) is 25.7 Å². The van der Waals surface area contributed by atoms with E-state index in [0.717, 1.165) is 34.6 Å². The molecule has 1 aliphatic carbocycles. The SMILES string of the molecule is CCOc1ccc(-n2c(C(C)NC3CCC(C(C)C)CC3)nc3ccccc3c2=O)cc1. The zero-order valence-electron chi connectivity index (χ0n) is 19.7. The van der Waals surface area contributed by atoms with Crippen molar-refractivity contribution in [2.75, 3.05) is 6.61 Å². The molecule has 1 N–H and O–H groups in total. The van der Waals surface area contributed by atoms with E-state index < -0.39 is 0 Å². The third kappa shape index (κ3) is 4.73. The van der Waals surface area contributed by atoms with Gasteiger partial charge in [-0.15, -0.1) is 0 Å². The molecule has 1 unspecified atom stereocenters. The zero-order chi connectivity index (χ0) is 22.7. The average Bonchev–Trinajstić information content (AvgIpc) is 2.80. The molecule has 1 fully saturated rings. The van der Waals surface area contributed by atoms with Crippen LogP contribution in [0.2, 0.25) is 0 Å². The molecule has 0 spiro atoms. The maximum Gasteiger partial charge on any atom is 0.266 e. The fourth-order valence-electron chi connectivity index (χ4n) is 4.93. The van der Waals surface area contributed by atoms with Crippen LogP contribution in [-0.2, 0) is 0 Å². The molecule has 0 amide bonds. The summed E-state index contributed by atoms with van der Waals surface area (Å²) in [5.41, 5.74) is 1.52. The van der Waals surface area contributed by atoms with Gasteiger partial charge in [0, 0.05) is 6.04 Å². The summed E-state index contributed by atoms with van der Waals surface area (Å²) in [5, 5.41) is 4.42. The molecular weight excluding hydrogens is 398 g/mol. The minimum Gasteiger partial charge on any atom is -0.494 e. The molecule has 0 radical (unpaired) electrons. The van der Waals surface area contributed by atoms with Crippen molar-refractivity contribution < 1.29 is 4.74 Å². The number of ether oxygens (including phenoxy) is 1. The number of para-hydroxylation sites is 1. The summed E-state index contributed by atoms with van der Waals surface area (Å²) in [6, 6.07) is 15.7. The Morgan fingerprint density at radius 2 is 1.72 bits per heavy atom. The smallest absolute Gasteiger partial charge is 0.266 e. The first-order valence-electron chi connectivity index (χ1n) is 12.0. The molecule has 1 heterocycles. The summed E-state index contributed by atoms with van der Waals surface area (Å²) in [7, 11) is 0. The highest BCUT2D eigenvalue weighted by atomic mass is 16.5. The van der Waals surface area contributed by atoms with Crippen LogP contribution in [-0.4, -0.2) is 22.2 Å². The molecule has 5 heteroatoms. The van der Waals surface area contributed by atoms with Gasteiger partial charge in [-0.1, -0.05) is 26.0 Å². The number of rotatable bonds is 7. The Morgan fingerprint density at radius 1 is 1.03 bits per heavy atom. The van der Waals surface area contributed by atoms with Gasteiger partial charge in [0.15, 0.2) is 0 Å². The largest absolute Gasteiger partial charge is 0.494 e. The van der Waals surface area contributed by atoms with Crippen molar-refractivity contribution in [3.63, 3.8) is 0 Å². The number of hydrogen-bond acceptors (Lipinski definition) is 4. The number of benzene rings is 2. The lowest BCUT2D eigenvalue weighted by molar-refractivity contribution is 0.229. The first-order valence-corrected chi connectivity index (χ1v) is 12.0. The predicted octanol–water partition coefficient (Wildman–Crippen LogP) is 5.65. The monoisotopic (exact) mass is 433 g/mol. The van der Waals surface area contributed by atoms with Gasteiger partial charge in [-0.25, -0.2) is 4.98 Å². The molecule has 170 valence electrons. The van der Waals surface area contributed by atoms with E-state index >= 15 is 0 Å². The van der Waals surface area contributed by atoms with Crippen LogP contribution in [0.15, 0.2) is 53.3 Å². The van der Waals surface area contributed by atoms with Crippen LogP contribution in [0.4, 0.5) is 0 Å². The fraction of sp³-hybridized carbons (Fsp3) is 0.481. The number of fused-ring (bicyclic) bond motifs is 1. The second-order valence-electron chi connectivity index (χ2n) is 9.30. The Bertz CT molecular complexity index is 1100. The van der Waals surface area contributed by atoms with Crippen LogP contribution in [0.1, 0.15) is 65.2 Å². The van der Waals surface area contributed by atoms with Crippen molar-refractivity contribution in [2.24, 2.45) is 11.8 Å². The van der Waals surface area contributed by atoms with Gasteiger partial charge in [-0.2, -0.15) is 0 Å². The summed E-state index contributed by atoms with van der Waals surface area (Å²) >= 11 is 0. The van der Waals surface area contributed by atoms with Crippen LogP contribution in [0.25, 0.3) is 16.6 Å². The molecular formula is C27H35N3O2. The maximum atomic E-state index is 13.5. The second kappa shape index (κ2) is 9.86. The number of nitrogens with zero attached hydrogens (tertiary/aromatic N) is 2. The first-order chi connectivity index (χ1) is 15.5. The molecule has 2 aromatic carbocycles. The number of nitrogens with one attached hydrogen (secondary N) is 1. The summed E-state index contributed by atoms with van der Waals surface area (Å²) in [6.45, 7) is 9.36. The molecule has 1 aromatic heterocycles. The van der Waals surface area contributed by atoms with Crippen LogP contribution < -0.4 is 15.6 Å². The summed E-state index contributed by atoms with van der Waals surface area (Å²) in [5.74, 6) is 3.13. The maximum absolute atomic E-state index is 13.5. The molecule has 1 saturated carbocycles. The lowest BCUT2D eigenvalue weighted by Crippen LogP contribution is -2.38. The van der Waals surface area contributed by atoms with Crippen LogP contribution in [0.5, 0.6) is 5.75 Å². The molecule has 3 aromatic rings. The van der Waals surface area contributed by atoms with Crippen molar-refractivity contribution in [2.45, 2.75) is 65.5 Å². The standard InChI is InChI=1S/C27H35N3O2/c1-5-32-23-16-14-22(15-17-23)30-26(29-25-9-7-6-8-24(25)27(30)31)19(4)28-21-12-10-20(11-13-21)18(2)3/h6-9,14-21,28H,5,10-13H2,1-4H3. The Kier molecular flexibility index (Phi) is 6.95. The molecule has 5 nitrogen and oxygen atoms in total. The third-order valence-corrected chi connectivity index (χ3v) is 6.80. The van der Waals surface area contributed by atoms with Gasteiger partial charge in [0.25, 0.3) is 5.56 Å². The van der Waals surface area contributed by atoms with E-state index in [0.29, 0.717) is 18.0 Å². The molecule has 0 bridgehead atoms. The van der Waals surface area contributed by atoms with Crippen molar-refractivity contribution in [1.82, 2.24) is 14.9 Å². The number of hydrogen-bond donors (Lipinski definition) is 1. The minimum absolute atomic E-state index is 0.0353. The van der Waals surface area contributed by atoms with Crippen molar-refractivity contribution in [3.05, 3.63) is 64.7 Å². The van der Waals surface area contributed by atoms with E-state index in [-0.39, 0.29) is 11.6 Å². The fourth-order valence-corrected chi connectivity index (χ4v) is 4.93. The molecule has 1 atom stereocenters. The topological polar surface area (TPSA) is 56.1 Å². The van der Waals surface area contributed by atoms with Gasteiger partial charge in [0.2, 0.25) is 0 Å². The summed E-state index contributed by atoms with van der Waals surface area (Å²) in [4.78, 5) is 18.5. The van der Waals surface area contributed by atoms with Crippen molar-refractivity contribution in [1.29, 1.82) is 0 Å². The van der Waals surface area contributed by atoms with E-state index in [4.69, 9.17) is 9.72 Å². The lowest BCUT2D eigenvalue weighted by atomic mass is 9.79. The Morgan fingerprint density at radius 3 is 2.38 bits per heavy atom. The highest BCUT2D eigenvalue weighted by molar-refractivity contribution is 5.77. The van der Waals surface area contributed by atoms with Crippen molar-refractivity contribution in [3.8, 4) is 11.4 Å². The first kappa shape index (κ1) is 22.5. The molecule has 4 rings (SSSR count). The normalized spacial score (nSPS) is 19.9. The Labute approximate surface area is 190 Å². The van der Waals surface area contributed by atoms with Crippen molar-refractivity contribution >= 4 is 10.9 Å². The van der Waals surface area contributed by atoms with Crippen LogP contribution in [0.3, 0.4) is 0 Å². The highest BCUT2D eigenvalue weighted by Gasteiger charge is 2.26. The summed E-state index contributed by atoms with van der Waals surface area (Å²) in [6.07, 6.45) is 4.87. The van der Waals surface area contributed by atoms with E-state index in [2.05, 4.69) is 26.1 Å². The predicted molar refractivity (Wildman–Crippen MR) is 131 cm³/mol. The third-order valence-electron chi connectivity index (χ3n) is 6.80. The molecule has 0 saturated heterocycles. The van der Waals surface area contributed by atoms with Crippen LogP contribution >= 0.6 is 0 Å². The Hall–Kier alpha value is -2.66. The Balaban J connectivity index is 1.68. The van der Waals surface area contributed by atoms with E-state index in [9.17, 15) is 4.79 Å². The van der Waals surface area contributed by atoms with Gasteiger partial charge in [-0.05, 0) is 87.8 Å². The van der Waals surface area contributed by atoms with Gasteiger partial charge in [0.1, 0.15) is 11.6 Å². The number of aromatic nitrogens is 2. The summed E-state index contributed by atoms with van der Waals surface area (Å²) < 4.78 is 7.34. The lowest BCUT2D eigenvalue weighted by Gasteiger charge is -2.33. The highest BCUT2D eigenvalue weighted by Crippen LogP contribution is 2.31. The quantitative estimate of drug-likeness (QED) is 0.523. The van der Waals surface area contributed by atoms with E-state index in [1.807, 2.05) is 55.5 Å². The second-order valence-corrected chi connectivity index (χ2v) is 9.30. The van der Waals surface area contributed by atoms with Crippen LogP contribution in [0, 0.1) is 11.8 Å².